The Balaban J connectivity index is 2.86. The molecule has 2 nitrogen and oxygen atoms in total. The molecule has 0 heterocycles. The molecule has 0 aliphatic carbocycles. The minimum atomic E-state index is 0.287. The molecule has 1 rings (SSSR count). The third-order valence-corrected chi connectivity index (χ3v) is 2.74. The van der Waals surface area contributed by atoms with Gasteiger partial charge in [-0.25, -0.2) is 0 Å². The first-order valence-electron chi connectivity index (χ1n) is 5.91. The van der Waals surface area contributed by atoms with E-state index in [0.29, 0.717) is 6.61 Å². The first kappa shape index (κ1) is 14.1. The van der Waals surface area contributed by atoms with E-state index < -0.39 is 0 Å². The van der Waals surface area contributed by atoms with Crippen molar-refractivity contribution in [2.75, 3.05) is 13.2 Å². The van der Waals surface area contributed by atoms with Crippen molar-refractivity contribution in [3.8, 4) is 5.75 Å². The third kappa shape index (κ3) is 4.41. The van der Waals surface area contributed by atoms with Crippen LogP contribution in [0.25, 0.3) is 0 Å². The first-order valence-corrected chi connectivity index (χ1v) is 6.34. The van der Waals surface area contributed by atoms with Gasteiger partial charge in [0.1, 0.15) is 12.4 Å². The molecule has 1 unspecified atom stereocenters. The lowest BCUT2D eigenvalue weighted by Crippen LogP contribution is -2.18. The van der Waals surface area contributed by atoms with Gasteiger partial charge in [-0.05, 0) is 32.5 Å². The molecule has 0 aromatic heterocycles. The van der Waals surface area contributed by atoms with E-state index >= 15 is 0 Å². The number of rotatable bonds is 6. The largest absolute Gasteiger partial charge is 0.489 e. The van der Waals surface area contributed by atoms with Crippen molar-refractivity contribution in [3.05, 3.63) is 40.9 Å². The van der Waals surface area contributed by atoms with Crippen molar-refractivity contribution in [2.24, 2.45) is 0 Å². The van der Waals surface area contributed by atoms with Crippen LogP contribution < -0.4 is 10.1 Å². The van der Waals surface area contributed by atoms with Crippen molar-refractivity contribution in [1.82, 2.24) is 5.32 Å². The molecule has 0 amide bonds. The maximum atomic E-state index is 5.69. The predicted molar refractivity (Wildman–Crippen MR) is 73.8 cm³/mol. The van der Waals surface area contributed by atoms with Crippen LogP contribution in [-0.4, -0.2) is 13.2 Å². The van der Waals surface area contributed by atoms with Crippen molar-refractivity contribution in [2.45, 2.75) is 26.8 Å². The zero-order valence-corrected chi connectivity index (χ0v) is 11.4. The summed E-state index contributed by atoms with van der Waals surface area (Å²) >= 11 is 5.47. The van der Waals surface area contributed by atoms with E-state index in [2.05, 4.69) is 38.2 Å². The summed E-state index contributed by atoms with van der Waals surface area (Å²) in [4.78, 5) is 0. The van der Waals surface area contributed by atoms with E-state index in [4.69, 9.17) is 16.3 Å². The fourth-order valence-corrected chi connectivity index (χ4v) is 1.80. The highest BCUT2D eigenvalue weighted by Crippen LogP contribution is 2.26. The van der Waals surface area contributed by atoms with Crippen molar-refractivity contribution >= 4 is 11.6 Å². The normalized spacial score (nSPS) is 12.9. The molecule has 0 radical (unpaired) electrons. The van der Waals surface area contributed by atoms with Crippen LogP contribution in [0.2, 0.25) is 0 Å². The lowest BCUT2D eigenvalue weighted by atomic mass is 10.0. The summed E-state index contributed by atoms with van der Waals surface area (Å²) in [5, 5.41) is 3.40. The highest BCUT2D eigenvalue weighted by Gasteiger charge is 2.10. The molecule has 3 heteroatoms. The maximum absolute atomic E-state index is 5.69. The minimum absolute atomic E-state index is 0.287. The molecule has 0 spiro atoms. The second-order valence-electron chi connectivity index (χ2n) is 3.99. The van der Waals surface area contributed by atoms with Gasteiger partial charge in [-0.1, -0.05) is 36.2 Å². The summed E-state index contributed by atoms with van der Waals surface area (Å²) in [5.41, 5.74) is 3.90. The van der Waals surface area contributed by atoms with E-state index in [1.165, 1.54) is 16.7 Å². The van der Waals surface area contributed by atoms with E-state index in [9.17, 15) is 0 Å². The van der Waals surface area contributed by atoms with E-state index in [0.717, 1.165) is 12.3 Å². The second kappa shape index (κ2) is 7.36. The number of hydrogen-bond donors (Lipinski definition) is 1. The molecule has 0 saturated carbocycles. The van der Waals surface area contributed by atoms with Gasteiger partial charge in [-0.15, -0.1) is 0 Å². The monoisotopic (exact) mass is 253 g/mol. The molecule has 94 valence electrons. The zero-order chi connectivity index (χ0) is 12.7. The third-order valence-electron chi connectivity index (χ3n) is 2.57. The predicted octanol–water partition coefficient (Wildman–Crippen LogP) is 3.80. The zero-order valence-electron chi connectivity index (χ0n) is 10.7. The highest BCUT2D eigenvalue weighted by molar-refractivity contribution is 6.25. The summed E-state index contributed by atoms with van der Waals surface area (Å²) in [6.07, 6.45) is 1.78. The van der Waals surface area contributed by atoms with Crippen LogP contribution in [0.1, 0.15) is 31.0 Å². The molecule has 0 aliphatic rings. The molecule has 17 heavy (non-hydrogen) atoms. The van der Waals surface area contributed by atoms with Crippen LogP contribution >= 0.6 is 11.6 Å². The smallest absolute Gasteiger partial charge is 0.124 e. The Hall–Kier alpha value is -0.990. The Morgan fingerprint density at radius 2 is 2.24 bits per heavy atom. The van der Waals surface area contributed by atoms with Crippen molar-refractivity contribution < 1.29 is 4.74 Å². The topological polar surface area (TPSA) is 21.3 Å². The van der Waals surface area contributed by atoms with Gasteiger partial charge in [-0.2, -0.15) is 0 Å². The second-order valence-corrected chi connectivity index (χ2v) is 4.25. The van der Waals surface area contributed by atoms with Crippen molar-refractivity contribution in [1.29, 1.82) is 0 Å². The molecular weight excluding hydrogens is 234 g/mol. The van der Waals surface area contributed by atoms with Crippen LogP contribution in [0.15, 0.2) is 29.8 Å². The lowest BCUT2D eigenvalue weighted by molar-refractivity contribution is 0.354. The summed E-state index contributed by atoms with van der Waals surface area (Å²) in [6, 6.07) is 6.52. The summed E-state index contributed by atoms with van der Waals surface area (Å²) in [5.74, 6) is 0.916. The maximum Gasteiger partial charge on any atom is 0.124 e. The fraction of sp³-hybridized carbons (Fsp3) is 0.429. The standard InChI is InChI=1S/C14H20ClNO/c1-4-16-12(3)13-10-11(2)6-7-14(13)17-9-5-8-15/h5-8,10,12,16H,4,9H2,1-3H3/b8-5+. The Morgan fingerprint density at radius 1 is 1.47 bits per heavy atom. The van der Waals surface area contributed by atoms with Gasteiger partial charge in [0.25, 0.3) is 0 Å². The number of aryl methyl sites for hydroxylation is 1. The number of ether oxygens (including phenoxy) is 1. The van der Waals surface area contributed by atoms with Crippen LogP contribution in [0.3, 0.4) is 0 Å². The van der Waals surface area contributed by atoms with Gasteiger partial charge in [0.15, 0.2) is 0 Å². The molecule has 1 N–H and O–H groups in total. The van der Waals surface area contributed by atoms with Crippen LogP contribution in [0.4, 0.5) is 0 Å². The lowest BCUT2D eigenvalue weighted by Gasteiger charge is -2.17. The van der Waals surface area contributed by atoms with Gasteiger partial charge >= 0.3 is 0 Å². The number of nitrogens with one attached hydrogen (secondary N) is 1. The Bertz CT molecular complexity index is 376. The first-order chi connectivity index (χ1) is 8.19. The van der Waals surface area contributed by atoms with E-state index in [1.807, 2.05) is 6.07 Å². The molecule has 1 aromatic carbocycles. The average Bonchev–Trinajstić information content (AvgIpc) is 2.31. The van der Waals surface area contributed by atoms with Crippen molar-refractivity contribution in [3.63, 3.8) is 0 Å². The highest BCUT2D eigenvalue weighted by atomic mass is 35.5. The molecule has 0 saturated heterocycles. The summed E-state index contributed by atoms with van der Waals surface area (Å²) < 4.78 is 5.69. The molecular formula is C14H20ClNO. The molecule has 0 aliphatic heterocycles. The van der Waals surface area contributed by atoms with E-state index in [-0.39, 0.29) is 6.04 Å². The summed E-state index contributed by atoms with van der Waals surface area (Å²) in [6.45, 7) is 7.77. The van der Waals surface area contributed by atoms with Crippen LogP contribution in [-0.2, 0) is 0 Å². The average molecular weight is 254 g/mol. The van der Waals surface area contributed by atoms with E-state index in [1.54, 1.807) is 6.08 Å². The van der Waals surface area contributed by atoms with Gasteiger partial charge < -0.3 is 10.1 Å². The quantitative estimate of drug-likeness (QED) is 0.833. The fourth-order valence-electron chi connectivity index (χ4n) is 1.73. The van der Waals surface area contributed by atoms with Crippen LogP contribution in [0.5, 0.6) is 5.75 Å². The molecule has 0 fully saturated rings. The van der Waals surface area contributed by atoms with Gasteiger partial charge in [0.05, 0.1) is 0 Å². The Labute approximate surface area is 109 Å². The number of hydrogen-bond acceptors (Lipinski definition) is 2. The minimum Gasteiger partial charge on any atom is -0.489 e. The van der Waals surface area contributed by atoms with Gasteiger partial charge in [0, 0.05) is 17.1 Å². The van der Waals surface area contributed by atoms with Crippen LogP contribution in [0, 0.1) is 6.92 Å². The molecule has 1 aromatic rings. The van der Waals surface area contributed by atoms with Gasteiger partial charge in [-0.3, -0.25) is 0 Å². The Morgan fingerprint density at radius 3 is 2.88 bits per heavy atom. The number of benzene rings is 1. The Kier molecular flexibility index (Phi) is 6.09. The molecule has 1 atom stereocenters. The summed E-state index contributed by atoms with van der Waals surface area (Å²) in [7, 11) is 0. The van der Waals surface area contributed by atoms with Gasteiger partial charge in [0.2, 0.25) is 0 Å². The SMILES string of the molecule is CCNC(C)c1cc(C)ccc1OC/C=C/Cl. The number of halogens is 1. The molecule has 0 bridgehead atoms.